The number of hydrogen-bond donors (Lipinski definition) is 1. The molecule has 0 saturated carbocycles. The SMILES string of the molecule is CNCCc1cc(F)cc(OC)c1C(C)C. The van der Waals surface area contributed by atoms with Crippen LogP contribution in [0.4, 0.5) is 4.39 Å². The third kappa shape index (κ3) is 2.95. The lowest BCUT2D eigenvalue weighted by atomic mass is 9.94. The Kier molecular flexibility index (Phi) is 4.74. The van der Waals surface area contributed by atoms with E-state index in [2.05, 4.69) is 19.2 Å². The number of nitrogens with one attached hydrogen (secondary N) is 1. The second kappa shape index (κ2) is 5.85. The van der Waals surface area contributed by atoms with Crippen LogP contribution in [0.1, 0.15) is 30.9 Å². The van der Waals surface area contributed by atoms with Gasteiger partial charge in [0.05, 0.1) is 7.11 Å². The van der Waals surface area contributed by atoms with E-state index >= 15 is 0 Å². The van der Waals surface area contributed by atoms with E-state index in [1.54, 1.807) is 13.2 Å². The molecule has 0 aliphatic rings. The molecule has 16 heavy (non-hydrogen) atoms. The number of benzene rings is 1. The Labute approximate surface area is 96.8 Å². The number of halogens is 1. The maximum absolute atomic E-state index is 13.4. The third-order valence-electron chi connectivity index (χ3n) is 2.63. The van der Waals surface area contributed by atoms with Crippen molar-refractivity contribution < 1.29 is 9.13 Å². The Morgan fingerprint density at radius 3 is 2.56 bits per heavy atom. The molecule has 90 valence electrons. The van der Waals surface area contributed by atoms with E-state index in [0.29, 0.717) is 11.7 Å². The van der Waals surface area contributed by atoms with E-state index < -0.39 is 0 Å². The van der Waals surface area contributed by atoms with Gasteiger partial charge in [-0.1, -0.05) is 13.8 Å². The monoisotopic (exact) mass is 225 g/mol. The molecule has 0 unspecified atom stereocenters. The van der Waals surface area contributed by atoms with Crippen LogP contribution in [0.15, 0.2) is 12.1 Å². The van der Waals surface area contributed by atoms with Crippen LogP contribution in [0.3, 0.4) is 0 Å². The minimum Gasteiger partial charge on any atom is -0.496 e. The largest absolute Gasteiger partial charge is 0.496 e. The fraction of sp³-hybridized carbons (Fsp3) is 0.538. The van der Waals surface area contributed by atoms with Gasteiger partial charge in [0, 0.05) is 11.6 Å². The van der Waals surface area contributed by atoms with E-state index in [9.17, 15) is 4.39 Å². The molecule has 1 aromatic carbocycles. The molecule has 0 saturated heterocycles. The molecule has 3 heteroatoms. The average molecular weight is 225 g/mol. The van der Waals surface area contributed by atoms with Crippen LogP contribution in [0.5, 0.6) is 5.75 Å². The van der Waals surface area contributed by atoms with Crippen LogP contribution in [-0.4, -0.2) is 20.7 Å². The van der Waals surface area contributed by atoms with Gasteiger partial charge in [-0.15, -0.1) is 0 Å². The predicted octanol–water partition coefficient (Wildman–Crippen LogP) is 2.72. The molecular formula is C13H20FNO. The molecule has 1 rings (SSSR count). The van der Waals surface area contributed by atoms with Crippen LogP contribution in [0.25, 0.3) is 0 Å². The first kappa shape index (κ1) is 13.0. The van der Waals surface area contributed by atoms with Gasteiger partial charge in [-0.25, -0.2) is 4.39 Å². The molecule has 0 aliphatic carbocycles. The van der Waals surface area contributed by atoms with Crippen molar-refractivity contribution >= 4 is 0 Å². The zero-order valence-corrected chi connectivity index (χ0v) is 10.4. The summed E-state index contributed by atoms with van der Waals surface area (Å²) in [4.78, 5) is 0. The maximum atomic E-state index is 13.4. The zero-order chi connectivity index (χ0) is 12.1. The highest BCUT2D eigenvalue weighted by Gasteiger charge is 2.14. The van der Waals surface area contributed by atoms with Crippen molar-refractivity contribution in [3.8, 4) is 5.75 Å². The summed E-state index contributed by atoms with van der Waals surface area (Å²) in [5, 5.41) is 3.08. The van der Waals surface area contributed by atoms with E-state index in [4.69, 9.17) is 4.74 Å². The van der Waals surface area contributed by atoms with Gasteiger partial charge in [0.15, 0.2) is 0 Å². The summed E-state index contributed by atoms with van der Waals surface area (Å²) < 4.78 is 18.6. The van der Waals surface area contributed by atoms with Crippen molar-refractivity contribution in [2.75, 3.05) is 20.7 Å². The quantitative estimate of drug-likeness (QED) is 0.832. The Morgan fingerprint density at radius 2 is 2.06 bits per heavy atom. The average Bonchev–Trinajstić information content (AvgIpc) is 2.24. The number of ether oxygens (including phenoxy) is 1. The van der Waals surface area contributed by atoms with Gasteiger partial charge in [0.1, 0.15) is 11.6 Å². The molecule has 0 bridgehead atoms. The highest BCUT2D eigenvalue weighted by atomic mass is 19.1. The first-order valence-electron chi connectivity index (χ1n) is 5.61. The normalized spacial score (nSPS) is 10.9. The molecular weight excluding hydrogens is 205 g/mol. The highest BCUT2D eigenvalue weighted by Crippen LogP contribution is 2.31. The van der Waals surface area contributed by atoms with Gasteiger partial charge >= 0.3 is 0 Å². The summed E-state index contributed by atoms with van der Waals surface area (Å²) in [5.41, 5.74) is 2.14. The standard InChI is InChI=1S/C13H20FNO/c1-9(2)13-10(5-6-15-3)7-11(14)8-12(13)16-4/h7-9,15H,5-6H2,1-4H3. The van der Waals surface area contributed by atoms with E-state index in [1.807, 2.05) is 7.05 Å². The van der Waals surface area contributed by atoms with Gasteiger partial charge in [-0.2, -0.15) is 0 Å². The molecule has 0 aromatic heterocycles. The summed E-state index contributed by atoms with van der Waals surface area (Å²) in [5.74, 6) is 0.760. The lowest BCUT2D eigenvalue weighted by Gasteiger charge is -2.17. The van der Waals surface area contributed by atoms with Crippen LogP contribution in [-0.2, 0) is 6.42 Å². The zero-order valence-electron chi connectivity index (χ0n) is 10.4. The van der Waals surface area contributed by atoms with Gasteiger partial charge in [-0.05, 0) is 37.6 Å². The van der Waals surface area contributed by atoms with E-state index in [0.717, 1.165) is 24.1 Å². The molecule has 1 aromatic rings. The van der Waals surface area contributed by atoms with E-state index in [-0.39, 0.29) is 5.82 Å². The van der Waals surface area contributed by atoms with Crippen molar-refractivity contribution in [1.29, 1.82) is 0 Å². The van der Waals surface area contributed by atoms with Crippen LogP contribution in [0, 0.1) is 5.82 Å². The van der Waals surface area contributed by atoms with E-state index in [1.165, 1.54) is 6.07 Å². The Bertz CT molecular complexity index is 350. The maximum Gasteiger partial charge on any atom is 0.127 e. The number of likely N-dealkylation sites (N-methyl/N-ethyl adjacent to an activating group) is 1. The number of methoxy groups -OCH3 is 1. The molecule has 2 nitrogen and oxygen atoms in total. The first-order valence-corrected chi connectivity index (χ1v) is 5.61. The number of hydrogen-bond acceptors (Lipinski definition) is 2. The minimum atomic E-state index is -0.229. The summed E-state index contributed by atoms with van der Waals surface area (Å²) in [7, 11) is 3.48. The Hall–Kier alpha value is -1.09. The Balaban J connectivity index is 3.15. The topological polar surface area (TPSA) is 21.3 Å². The van der Waals surface area contributed by atoms with Crippen molar-refractivity contribution in [1.82, 2.24) is 5.32 Å². The van der Waals surface area contributed by atoms with Gasteiger partial charge < -0.3 is 10.1 Å². The fourth-order valence-corrected chi connectivity index (χ4v) is 1.94. The lowest BCUT2D eigenvalue weighted by Crippen LogP contribution is -2.12. The molecule has 0 aliphatic heterocycles. The molecule has 0 amide bonds. The molecule has 0 radical (unpaired) electrons. The fourth-order valence-electron chi connectivity index (χ4n) is 1.94. The predicted molar refractivity (Wildman–Crippen MR) is 64.7 cm³/mol. The minimum absolute atomic E-state index is 0.229. The summed E-state index contributed by atoms with van der Waals surface area (Å²) in [6.45, 7) is 5.03. The summed E-state index contributed by atoms with van der Waals surface area (Å²) in [6, 6.07) is 3.06. The highest BCUT2D eigenvalue weighted by molar-refractivity contribution is 5.43. The van der Waals surface area contributed by atoms with Gasteiger partial charge in [0.2, 0.25) is 0 Å². The molecule has 0 spiro atoms. The van der Waals surface area contributed by atoms with Crippen LogP contribution >= 0.6 is 0 Å². The summed E-state index contributed by atoms with van der Waals surface area (Å²) >= 11 is 0. The third-order valence-corrected chi connectivity index (χ3v) is 2.63. The van der Waals surface area contributed by atoms with Crippen LogP contribution < -0.4 is 10.1 Å². The van der Waals surface area contributed by atoms with Gasteiger partial charge in [0.25, 0.3) is 0 Å². The Morgan fingerprint density at radius 1 is 1.38 bits per heavy atom. The molecule has 0 heterocycles. The summed E-state index contributed by atoms with van der Waals surface area (Å²) in [6.07, 6.45) is 0.818. The second-order valence-corrected chi connectivity index (χ2v) is 4.19. The van der Waals surface area contributed by atoms with Crippen LogP contribution in [0.2, 0.25) is 0 Å². The molecule has 0 atom stereocenters. The van der Waals surface area contributed by atoms with Crippen molar-refractivity contribution in [2.24, 2.45) is 0 Å². The smallest absolute Gasteiger partial charge is 0.127 e. The molecule has 1 N–H and O–H groups in total. The van der Waals surface area contributed by atoms with Gasteiger partial charge in [-0.3, -0.25) is 0 Å². The number of rotatable bonds is 5. The van der Waals surface area contributed by atoms with Crippen molar-refractivity contribution in [2.45, 2.75) is 26.2 Å². The van der Waals surface area contributed by atoms with Crippen molar-refractivity contribution in [3.63, 3.8) is 0 Å². The first-order chi connectivity index (χ1) is 7.60. The van der Waals surface area contributed by atoms with Crippen molar-refractivity contribution in [3.05, 3.63) is 29.1 Å². The second-order valence-electron chi connectivity index (χ2n) is 4.19. The molecule has 0 fully saturated rings. The lowest BCUT2D eigenvalue weighted by molar-refractivity contribution is 0.403.